The Balaban J connectivity index is 1.54. The Morgan fingerprint density at radius 1 is 0.882 bits per heavy atom. The van der Waals surface area contributed by atoms with Crippen molar-refractivity contribution in [1.82, 2.24) is 18.7 Å². The zero-order valence-electron chi connectivity index (χ0n) is 18.8. The second-order valence-electron chi connectivity index (χ2n) is 7.98. The molecule has 0 fully saturated rings. The van der Waals surface area contributed by atoms with Crippen LogP contribution in [0.15, 0.2) is 73.4 Å². The number of rotatable bonds is 9. The molecule has 0 saturated carbocycles. The predicted octanol–water partition coefficient (Wildman–Crippen LogP) is 3.76. The first-order chi connectivity index (χ1) is 16.3. The molecule has 0 bridgehead atoms. The molecule has 0 amide bonds. The van der Waals surface area contributed by atoms with E-state index in [2.05, 4.69) is 36.8 Å². The van der Waals surface area contributed by atoms with Crippen LogP contribution in [0.2, 0.25) is 0 Å². The van der Waals surface area contributed by atoms with Gasteiger partial charge in [-0.1, -0.05) is 56.1 Å². The number of nitrogens with zero attached hydrogens (tertiary/aromatic N) is 4. The summed E-state index contributed by atoms with van der Waals surface area (Å²) in [5.74, 6) is 0. The van der Waals surface area contributed by atoms with E-state index in [1.54, 1.807) is 17.9 Å². The Hall–Kier alpha value is -2.53. The lowest BCUT2D eigenvalue weighted by atomic mass is 10.2. The van der Waals surface area contributed by atoms with Crippen molar-refractivity contribution in [2.75, 3.05) is 6.61 Å². The van der Waals surface area contributed by atoms with Crippen molar-refractivity contribution in [2.24, 2.45) is 14.1 Å². The van der Waals surface area contributed by atoms with E-state index in [0.717, 1.165) is 24.6 Å². The van der Waals surface area contributed by atoms with Gasteiger partial charge in [0, 0.05) is 23.0 Å². The molecule has 0 aliphatic carbocycles. The Kier molecular flexibility index (Phi) is 7.82. The second-order valence-corrected chi connectivity index (χ2v) is 9.81. The number of aryl methyl sites for hydroxylation is 1. The minimum Gasteiger partial charge on any atom is -0.374 e. The summed E-state index contributed by atoms with van der Waals surface area (Å²) in [5.41, 5.74) is 1.97. The molecule has 0 N–H and O–H groups in total. The highest BCUT2D eigenvalue weighted by Gasteiger charge is 2.18. The Morgan fingerprint density at radius 2 is 1.47 bits per heavy atom. The maximum absolute atomic E-state index is 12.8. The number of aromatic nitrogens is 4. The normalized spacial score (nSPS) is 12.4. The summed E-state index contributed by atoms with van der Waals surface area (Å²) in [7, 11) is 3.06. The Morgan fingerprint density at radius 3 is 2.09 bits per heavy atom. The van der Waals surface area contributed by atoms with Gasteiger partial charge in [-0.15, -0.1) is 0 Å². The molecule has 0 aliphatic heterocycles. The van der Waals surface area contributed by atoms with Crippen molar-refractivity contribution in [3.05, 3.63) is 95.8 Å². The van der Waals surface area contributed by atoms with Crippen LogP contribution in [0.5, 0.6) is 0 Å². The first-order valence-electron chi connectivity index (χ1n) is 10.6. The van der Waals surface area contributed by atoms with Crippen LogP contribution in [-0.2, 0) is 43.3 Å². The summed E-state index contributed by atoms with van der Waals surface area (Å²) in [6, 6.07) is 15.8. The van der Waals surface area contributed by atoms with E-state index in [9.17, 15) is 9.59 Å². The minimum atomic E-state index is -0.413. The van der Waals surface area contributed by atoms with Crippen molar-refractivity contribution >= 4 is 43.0 Å². The number of hydrogen-bond acceptors (Lipinski definition) is 5. The number of hydrogen-bond donors (Lipinski definition) is 0. The van der Waals surface area contributed by atoms with Gasteiger partial charge < -0.3 is 14.0 Å². The van der Waals surface area contributed by atoms with Crippen molar-refractivity contribution in [1.29, 1.82) is 0 Å². The minimum absolute atomic E-state index is 0.318. The van der Waals surface area contributed by atoms with Gasteiger partial charge in [-0.05, 0) is 35.4 Å². The van der Waals surface area contributed by atoms with Gasteiger partial charge in [0.2, 0.25) is 0 Å². The number of ether oxygens (including phenoxy) is 2. The highest BCUT2D eigenvalue weighted by Crippen LogP contribution is 2.15. The summed E-state index contributed by atoms with van der Waals surface area (Å²) in [4.78, 5) is 29.4. The lowest BCUT2D eigenvalue weighted by molar-refractivity contribution is -0.0368. The molecular formula is C24H24Br2N4O4. The summed E-state index contributed by atoms with van der Waals surface area (Å²) in [6.07, 6.45) is 1.22. The molecule has 0 aliphatic rings. The third kappa shape index (κ3) is 5.57. The summed E-state index contributed by atoms with van der Waals surface area (Å²) in [6.45, 7) is 1.49. The zero-order chi connectivity index (χ0) is 24.2. The lowest BCUT2D eigenvalue weighted by Gasteiger charge is -2.19. The van der Waals surface area contributed by atoms with Crippen LogP contribution in [0, 0.1) is 0 Å². The molecule has 10 heteroatoms. The average Bonchev–Trinajstić information content (AvgIpc) is 3.25. The number of imidazole rings is 1. The van der Waals surface area contributed by atoms with Crippen LogP contribution < -0.4 is 11.2 Å². The molecule has 1 atom stereocenters. The highest BCUT2D eigenvalue weighted by molar-refractivity contribution is 9.10. The van der Waals surface area contributed by atoms with Gasteiger partial charge >= 0.3 is 5.69 Å². The van der Waals surface area contributed by atoms with Gasteiger partial charge in [0.1, 0.15) is 0 Å². The lowest BCUT2D eigenvalue weighted by Crippen LogP contribution is -2.38. The fourth-order valence-corrected chi connectivity index (χ4v) is 4.12. The average molecular weight is 592 g/mol. The van der Waals surface area contributed by atoms with E-state index < -0.39 is 11.2 Å². The standard InChI is InChI=1S/C24H24Br2N4O4/c1-28-22-21(23(31)29(2)24(28)32)30(15-27-22)11-20(34-13-17-5-9-19(26)10-6-17)14-33-12-16-3-7-18(25)8-4-16/h3-10,15,20H,11-14H2,1-2H3. The van der Waals surface area contributed by atoms with Crippen molar-refractivity contribution in [3.8, 4) is 0 Å². The van der Waals surface area contributed by atoms with Gasteiger partial charge in [0.15, 0.2) is 11.2 Å². The molecule has 2 heterocycles. The Labute approximate surface area is 213 Å². The van der Waals surface area contributed by atoms with Gasteiger partial charge in [-0.2, -0.15) is 0 Å². The molecule has 0 spiro atoms. The van der Waals surface area contributed by atoms with E-state index in [0.29, 0.717) is 37.5 Å². The molecule has 0 saturated heterocycles. The molecule has 2 aromatic heterocycles. The first-order valence-corrected chi connectivity index (χ1v) is 12.2. The largest absolute Gasteiger partial charge is 0.374 e. The van der Waals surface area contributed by atoms with E-state index in [1.807, 2.05) is 48.5 Å². The van der Waals surface area contributed by atoms with Gasteiger partial charge in [0.25, 0.3) is 5.56 Å². The third-order valence-corrected chi connectivity index (χ3v) is 6.56. The van der Waals surface area contributed by atoms with Gasteiger partial charge in [-0.3, -0.25) is 13.9 Å². The van der Waals surface area contributed by atoms with E-state index in [-0.39, 0.29) is 6.10 Å². The summed E-state index contributed by atoms with van der Waals surface area (Å²) >= 11 is 6.88. The molecule has 1 unspecified atom stereocenters. The molecule has 0 radical (unpaired) electrons. The first kappa shape index (κ1) is 24.6. The second kappa shape index (κ2) is 10.8. The van der Waals surface area contributed by atoms with Gasteiger partial charge in [-0.25, -0.2) is 9.78 Å². The maximum Gasteiger partial charge on any atom is 0.332 e. The van der Waals surface area contributed by atoms with Crippen molar-refractivity contribution in [2.45, 2.75) is 25.9 Å². The van der Waals surface area contributed by atoms with Crippen LogP contribution in [0.4, 0.5) is 0 Å². The fraction of sp³-hybridized carbons (Fsp3) is 0.292. The van der Waals surface area contributed by atoms with Crippen LogP contribution in [0.25, 0.3) is 11.2 Å². The van der Waals surface area contributed by atoms with Crippen LogP contribution in [0.3, 0.4) is 0 Å². The SMILES string of the molecule is Cn1c(=O)c2c(ncn2CC(COCc2ccc(Br)cc2)OCc2ccc(Br)cc2)n(C)c1=O. The molecule has 34 heavy (non-hydrogen) atoms. The fourth-order valence-electron chi connectivity index (χ4n) is 3.59. The molecular weight excluding hydrogens is 568 g/mol. The highest BCUT2D eigenvalue weighted by atomic mass is 79.9. The predicted molar refractivity (Wildman–Crippen MR) is 137 cm³/mol. The topological polar surface area (TPSA) is 80.3 Å². The van der Waals surface area contributed by atoms with Crippen molar-refractivity contribution in [3.63, 3.8) is 0 Å². The monoisotopic (exact) mass is 590 g/mol. The number of fused-ring (bicyclic) bond motifs is 1. The van der Waals surface area contributed by atoms with E-state index in [1.165, 1.54) is 11.6 Å². The van der Waals surface area contributed by atoms with Crippen LogP contribution >= 0.6 is 31.9 Å². The quantitative estimate of drug-likeness (QED) is 0.296. The molecule has 4 rings (SSSR count). The van der Waals surface area contributed by atoms with Crippen LogP contribution in [-0.4, -0.2) is 31.4 Å². The third-order valence-electron chi connectivity index (χ3n) is 5.50. The zero-order valence-corrected chi connectivity index (χ0v) is 22.0. The number of halogens is 2. The molecule has 2 aromatic carbocycles. The molecule has 178 valence electrons. The molecule has 8 nitrogen and oxygen atoms in total. The summed E-state index contributed by atoms with van der Waals surface area (Å²) in [5, 5.41) is 0. The van der Waals surface area contributed by atoms with Gasteiger partial charge in [0.05, 0.1) is 38.8 Å². The van der Waals surface area contributed by atoms with Crippen molar-refractivity contribution < 1.29 is 9.47 Å². The number of benzene rings is 2. The Bertz CT molecular complexity index is 1390. The molecule has 4 aromatic rings. The smallest absolute Gasteiger partial charge is 0.332 e. The maximum atomic E-state index is 12.8. The van der Waals surface area contributed by atoms with E-state index >= 15 is 0 Å². The van der Waals surface area contributed by atoms with Crippen LogP contribution in [0.1, 0.15) is 11.1 Å². The van der Waals surface area contributed by atoms with E-state index in [4.69, 9.17) is 9.47 Å². The summed E-state index contributed by atoms with van der Waals surface area (Å²) < 4.78 is 18.4.